The van der Waals surface area contributed by atoms with Crippen LogP contribution < -0.4 is 4.74 Å². The summed E-state index contributed by atoms with van der Waals surface area (Å²) in [6.07, 6.45) is -0.611. The molecule has 0 spiro atoms. The maximum Gasteiger partial charge on any atom is 0.189 e. The van der Waals surface area contributed by atoms with E-state index in [0.29, 0.717) is 22.9 Å². The van der Waals surface area contributed by atoms with Gasteiger partial charge in [-0.25, -0.2) is 0 Å². The topological polar surface area (TPSA) is 38.7 Å². The third-order valence-electron chi connectivity index (χ3n) is 1.92. The molecule has 1 aromatic carbocycles. The first-order chi connectivity index (χ1) is 7.15. The summed E-state index contributed by atoms with van der Waals surface area (Å²) in [7, 11) is 0. The Balaban J connectivity index is 2.77. The van der Waals surface area contributed by atoms with Crippen molar-refractivity contribution in [3.63, 3.8) is 0 Å². The van der Waals surface area contributed by atoms with Crippen LogP contribution in [0.2, 0.25) is 5.02 Å². The molecule has 0 amide bonds. The number of rotatable bonds is 5. The van der Waals surface area contributed by atoms with Crippen molar-refractivity contribution >= 4 is 11.6 Å². The lowest BCUT2D eigenvalue weighted by atomic mass is 10.1. The first-order valence-corrected chi connectivity index (χ1v) is 5.21. The van der Waals surface area contributed by atoms with Crippen LogP contribution in [0.1, 0.15) is 25.5 Å². The zero-order valence-corrected chi connectivity index (χ0v) is 9.62. The molecule has 3 nitrogen and oxygen atoms in total. The van der Waals surface area contributed by atoms with Crippen LogP contribution in [0.3, 0.4) is 0 Å². The SMILES string of the molecule is CCOCOc1ccc(Cl)cc1[C@@H](C)O. The highest BCUT2D eigenvalue weighted by atomic mass is 35.5. The molecule has 0 aliphatic heterocycles. The van der Waals surface area contributed by atoms with E-state index in [-0.39, 0.29) is 6.79 Å². The molecule has 0 saturated carbocycles. The Kier molecular flexibility index (Phi) is 4.88. The number of aliphatic hydroxyl groups is 1. The van der Waals surface area contributed by atoms with Gasteiger partial charge in [0.05, 0.1) is 6.10 Å². The van der Waals surface area contributed by atoms with E-state index < -0.39 is 6.10 Å². The molecule has 0 unspecified atom stereocenters. The Morgan fingerprint density at radius 3 is 2.80 bits per heavy atom. The summed E-state index contributed by atoms with van der Waals surface area (Å²) in [5.41, 5.74) is 0.669. The van der Waals surface area contributed by atoms with E-state index in [1.807, 2.05) is 6.92 Å². The molecular weight excluding hydrogens is 216 g/mol. The van der Waals surface area contributed by atoms with Gasteiger partial charge in [-0.3, -0.25) is 0 Å². The predicted molar refractivity (Wildman–Crippen MR) is 59.2 cm³/mol. The van der Waals surface area contributed by atoms with Crippen LogP contribution in [0.25, 0.3) is 0 Å². The average molecular weight is 231 g/mol. The van der Waals surface area contributed by atoms with Gasteiger partial charge in [0.25, 0.3) is 0 Å². The fraction of sp³-hybridized carbons (Fsp3) is 0.455. The molecule has 0 radical (unpaired) electrons. The van der Waals surface area contributed by atoms with Crippen molar-refractivity contribution in [2.75, 3.05) is 13.4 Å². The van der Waals surface area contributed by atoms with Crippen molar-refractivity contribution < 1.29 is 14.6 Å². The van der Waals surface area contributed by atoms with Gasteiger partial charge in [0.2, 0.25) is 0 Å². The van der Waals surface area contributed by atoms with Crippen molar-refractivity contribution in [3.8, 4) is 5.75 Å². The van der Waals surface area contributed by atoms with E-state index in [1.54, 1.807) is 25.1 Å². The van der Waals surface area contributed by atoms with Crippen LogP contribution in [0.4, 0.5) is 0 Å². The van der Waals surface area contributed by atoms with Gasteiger partial charge in [-0.2, -0.15) is 0 Å². The Labute approximate surface area is 94.6 Å². The van der Waals surface area contributed by atoms with Crippen LogP contribution in [-0.2, 0) is 4.74 Å². The van der Waals surface area contributed by atoms with Gasteiger partial charge in [-0.15, -0.1) is 0 Å². The van der Waals surface area contributed by atoms with Crippen molar-refractivity contribution in [1.82, 2.24) is 0 Å². The number of halogens is 1. The van der Waals surface area contributed by atoms with Crippen LogP contribution in [0, 0.1) is 0 Å². The van der Waals surface area contributed by atoms with Crippen molar-refractivity contribution in [1.29, 1.82) is 0 Å². The number of hydrogen-bond donors (Lipinski definition) is 1. The Morgan fingerprint density at radius 1 is 1.47 bits per heavy atom. The molecule has 0 fully saturated rings. The zero-order chi connectivity index (χ0) is 11.3. The summed E-state index contributed by atoms with van der Waals surface area (Å²) in [6.45, 7) is 4.33. The van der Waals surface area contributed by atoms with Gasteiger partial charge in [0.1, 0.15) is 5.75 Å². The van der Waals surface area contributed by atoms with Crippen LogP contribution in [0.15, 0.2) is 18.2 Å². The van der Waals surface area contributed by atoms with Gasteiger partial charge in [0, 0.05) is 17.2 Å². The fourth-order valence-electron chi connectivity index (χ4n) is 1.17. The molecule has 0 bridgehead atoms. The van der Waals surface area contributed by atoms with Gasteiger partial charge in [-0.1, -0.05) is 11.6 Å². The first kappa shape index (κ1) is 12.3. The van der Waals surface area contributed by atoms with Crippen LogP contribution in [-0.4, -0.2) is 18.5 Å². The summed E-state index contributed by atoms with van der Waals surface area (Å²) < 4.78 is 10.4. The Hall–Kier alpha value is -0.770. The van der Waals surface area contributed by atoms with E-state index >= 15 is 0 Å². The van der Waals surface area contributed by atoms with Gasteiger partial charge >= 0.3 is 0 Å². The Morgan fingerprint density at radius 2 is 2.20 bits per heavy atom. The lowest BCUT2D eigenvalue weighted by molar-refractivity contribution is 0.0205. The largest absolute Gasteiger partial charge is 0.467 e. The van der Waals surface area contributed by atoms with Crippen molar-refractivity contribution in [2.45, 2.75) is 20.0 Å². The molecule has 1 aromatic rings. The molecule has 0 heterocycles. The van der Waals surface area contributed by atoms with E-state index in [0.717, 1.165) is 0 Å². The standard InChI is InChI=1S/C11H15ClO3/c1-3-14-7-15-11-5-4-9(12)6-10(11)8(2)13/h4-6,8,13H,3,7H2,1-2H3/t8-/m1/s1. The molecule has 1 rings (SSSR count). The zero-order valence-electron chi connectivity index (χ0n) is 8.87. The maximum atomic E-state index is 9.51. The fourth-order valence-corrected chi connectivity index (χ4v) is 1.35. The van der Waals surface area contributed by atoms with Crippen molar-refractivity contribution in [3.05, 3.63) is 28.8 Å². The summed E-state index contributed by atoms with van der Waals surface area (Å²) in [5.74, 6) is 0.600. The minimum Gasteiger partial charge on any atom is -0.467 e. The highest BCUT2D eigenvalue weighted by Gasteiger charge is 2.09. The molecule has 0 aromatic heterocycles. The highest BCUT2D eigenvalue weighted by molar-refractivity contribution is 6.30. The number of ether oxygens (including phenoxy) is 2. The molecule has 0 aliphatic carbocycles. The maximum absolute atomic E-state index is 9.51. The van der Waals surface area contributed by atoms with E-state index in [2.05, 4.69) is 0 Å². The molecular formula is C11H15ClO3. The average Bonchev–Trinajstić information content (AvgIpc) is 2.20. The van der Waals surface area contributed by atoms with Crippen LogP contribution in [0.5, 0.6) is 5.75 Å². The number of hydrogen-bond acceptors (Lipinski definition) is 3. The minimum absolute atomic E-state index is 0.178. The second-order valence-corrected chi connectivity index (χ2v) is 3.55. The lowest BCUT2D eigenvalue weighted by Crippen LogP contribution is -2.05. The first-order valence-electron chi connectivity index (χ1n) is 4.83. The Bertz CT molecular complexity index is 313. The summed E-state index contributed by atoms with van der Waals surface area (Å²) in [4.78, 5) is 0. The second kappa shape index (κ2) is 5.95. The molecule has 4 heteroatoms. The number of benzene rings is 1. The molecule has 84 valence electrons. The van der Waals surface area contributed by atoms with E-state index in [4.69, 9.17) is 21.1 Å². The third kappa shape index (κ3) is 3.70. The number of aliphatic hydroxyl groups excluding tert-OH is 1. The van der Waals surface area contributed by atoms with Gasteiger partial charge in [-0.05, 0) is 32.0 Å². The quantitative estimate of drug-likeness (QED) is 0.625. The van der Waals surface area contributed by atoms with E-state index in [9.17, 15) is 5.11 Å². The predicted octanol–water partition coefficient (Wildman–Crippen LogP) is 2.77. The summed E-state index contributed by atoms with van der Waals surface area (Å²) in [5, 5.41) is 10.1. The summed E-state index contributed by atoms with van der Waals surface area (Å²) >= 11 is 5.82. The minimum atomic E-state index is -0.611. The molecule has 1 N–H and O–H groups in total. The van der Waals surface area contributed by atoms with Crippen molar-refractivity contribution in [2.24, 2.45) is 0 Å². The lowest BCUT2D eigenvalue weighted by Gasteiger charge is -2.13. The second-order valence-electron chi connectivity index (χ2n) is 3.11. The van der Waals surface area contributed by atoms with Gasteiger partial charge in [0.15, 0.2) is 6.79 Å². The smallest absolute Gasteiger partial charge is 0.189 e. The third-order valence-corrected chi connectivity index (χ3v) is 2.16. The molecule has 0 aliphatic rings. The summed E-state index contributed by atoms with van der Waals surface area (Å²) in [6, 6.07) is 5.13. The van der Waals surface area contributed by atoms with Crippen LogP contribution >= 0.6 is 11.6 Å². The molecule has 0 saturated heterocycles. The molecule has 15 heavy (non-hydrogen) atoms. The highest BCUT2D eigenvalue weighted by Crippen LogP contribution is 2.28. The van der Waals surface area contributed by atoms with Gasteiger partial charge < -0.3 is 14.6 Å². The monoisotopic (exact) mass is 230 g/mol. The molecule has 1 atom stereocenters. The normalized spacial score (nSPS) is 12.5. The van der Waals surface area contributed by atoms with E-state index in [1.165, 1.54) is 0 Å².